The van der Waals surface area contributed by atoms with Crippen molar-refractivity contribution in [2.24, 2.45) is 5.14 Å². The van der Waals surface area contributed by atoms with Crippen molar-refractivity contribution in [2.75, 3.05) is 11.4 Å². The fraction of sp³-hybridized carbons (Fsp3) is 0.571. The molecule has 1 aliphatic heterocycles. The zero-order valence-electron chi connectivity index (χ0n) is 12.0. The van der Waals surface area contributed by atoms with E-state index in [2.05, 4.69) is 6.07 Å². The van der Waals surface area contributed by atoms with Gasteiger partial charge in [-0.15, -0.1) is 11.3 Å². The van der Waals surface area contributed by atoms with E-state index in [0.717, 1.165) is 42.5 Å². The lowest BCUT2D eigenvalue weighted by molar-refractivity contribution is -0.117. The van der Waals surface area contributed by atoms with E-state index in [0.29, 0.717) is 10.6 Å². The number of nitriles is 1. The third kappa shape index (κ3) is 2.64. The molecule has 0 aromatic carbocycles. The highest BCUT2D eigenvalue weighted by atomic mass is 32.2. The Balaban J connectivity index is 1.99. The van der Waals surface area contributed by atoms with E-state index < -0.39 is 15.3 Å². The Morgan fingerprint density at radius 3 is 2.64 bits per heavy atom. The maximum Gasteiger partial charge on any atom is 0.229 e. The molecule has 1 saturated heterocycles. The van der Waals surface area contributed by atoms with E-state index >= 15 is 0 Å². The quantitative estimate of drug-likeness (QED) is 0.820. The predicted molar refractivity (Wildman–Crippen MR) is 84.2 cm³/mol. The number of carbonyl (C=O) groups is 1. The Hall–Kier alpha value is -1.43. The second-order valence-electron chi connectivity index (χ2n) is 5.78. The van der Waals surface area contributed by atoms with Crippen LogP contribution < -0.4 is 10.0 Å². The monoisotopic (exact) mass is 339 g/mol. The van der Waals surface area contributed by atoms with Gasteiger partial charge in [-0.1, -0.05) is 6.42 Å². The zero-order valence-corrected chi connectivity index (χ0v) is 13.7. The summed E-state index contributed by atoms with van der Waals surface area (Å²) < 4.78 is 23.0. The molecular formula is C14H17N3O3S2. The third-order valence-corrected chi connectivity index (χ3v) is 6.87. The highest BCUT2D eigenvalue weighted by molar-refractivity contribution is 7.89. The predicted octanol–water partition coefficient (Wildman–Crippen LogP) is 1.28. The van der Waals surface area contributed by atoms with Crippen LogP contribution in [0.25, 0.3) is 0 Å². The van der Waals surface area contributed by atoms with Crippen LogP contribution in [0.5, 0.6) is 0 Å². The number of hydrogen-bond donors (Lipinski definition) is 1. The first kappa shape index (κ1) is 15.5. The Kier molecular flexibility index (Phi) is 3.97. The van der Waals surface area contributed by atoms with Gasteiger partial charge in [-0.2, -0.15) is 5.26 Å². The first-order valence-electron chi connectivity index (χ1n) is 7.28. The van der Waals surface area contributed by atoms with Crippen molar-refractivity contribution in [1.82, 2.24) is 0 Å². The maximum atomic E-state index is 12.2. The first-order valence-corrected chi connectivity index (χ1v) is 9.71. The first-order chi connectivity index (χ1) is 10.4. The highest BCUT2D eigenvalue weighted by Crippen LogP contribution is 2.41. The molecule has 2 aliphatic rings. The molecule has 0 saturated carbocycles. The van der Waals surface area contributed by atoms with Crippen LogP contribution in [0.2, 0.25) is 0 Å². The summed E-state index contributed by atoms with van der Waals surface area (Å²) in [5, 5.41) is 14.4. The number of primary sulfonamides is 1. The van der Waals surface area contributed by atoms with Crippen molar-refractivity contribution in [1.29, 1.82) is 5.26 Å². The van der Waals surface area contributed by atoms with Crippen LogP contribution in [0, 0.1) is 11.3 Å². The average molecular weight is 339 g/mol. The molecule has 0 spiro atoms. The number of fused-ring (bicyclic) bond motifs is 1. The number of hydrogen-bond acceptors (Lipinski definition) is 5. The lowest BCUT2D eigenvalue weighted by atomic mass is 10.1. The van der Waals surface area contributed by atoms with Gasteiger partial charge in [0.15, 0.2) is 0 Å². The lowest BCUT2D eigenvalue weighted by Crippen LogP contribution is -2.32. The van der Waals surface area contributed by atoms with Gasteiger partial charge < -0.3 is 4.90 Å². The molecule has 1 aliphatic carbocycles. The Morgan fingerprint density at radius 1 is 1.27 bits per heavy atom. The number of amides is 1. The van der Waals surface area contributed by atoms with E-state index in [1.165, 1.54) is 16.2 Å². The van der Waals surface area contributed by atoms with Gasteiger partial charge in [0.25, 0.3) is 0 Å². The molecule has 1 unspecified atom stereocenters. The summed E-state index contributed by atoms with van der Waals surface area (Å²) in [6.07, 6.45) is 4.96. The molecule has 6 nitrogen and oxygen atoms in total. The van der Waals surface area contributed by atoms with Gasteiger partial charge in [-0.05, 0) is 31.2 Å². The summed E-state index contributed by atoms with van der Waals surface area (Å²) in [4.78, 5) is 14.8. The SMILES string of the molecule is N#Cc1c(N2CC(S(N)(=O)=O)CC2=O)sc2c1CCCCC2. The summed E-state index contributed by atoms with van der Waals surface area (Å²) in [7, 11) is -3.74. The van der Waals surface area contributed by atoms with Crippen LogP contribution in [-0.4, -0.2) is 26.1 Å². The van der Waals surface area contributed by atoms with Crippen molar-refractivity contribution >= 4 is 32.3 Å². The van der Waals surface area contributed by atoms with Crippen LogP contribution in [-0.2, 0) is 27.7 Å². The van der Waals surface area contributed by atoms with Gasteiger partial charge in [0.1, 0.15) is 16.3 Å². The molecule has 0 bridgehead atoms. The Morgan fingerprint density at radius 2 is 2.00 bits per heavy atom. The Bertz CT molecular complexity index is 761. The topological polar surface area (TPSA) is 104 Å². The van der Waals surface area contributed by atoms with Crippen molar-refractivity contribution in [3.8, 4) is 6.07 Å². The fourth-order valence-corrected chi connectivity index (χ4v) is 5.22. The van der Waals surface area contributed by atoms with E-state index in [1.54, 1.807) is 0 Å². The molecule has 1 aromatic heterocycles. The standard InChI is InChI=1S/C14H17N3O3S2/c15-7-11-10-4-2-1-3-5-12(10)21-14(11)17-8-9(6-13(17)18)22(16,19)20/h9H,1-6,8H2,(H2,16,19,20). The van der Waals surface area contributed by atoms with Gasteiger partial charge in [0.2, 0.25) is 15.9 Å². The van der Waals surface area contributed by atoms with Gasteiger partial charge in [0.05, 0.1) is 5.56 Å². The van der Waals surface area contributed by atoms with Crippen molar-refractivity contribution < 1.29 is 13.2 Å². The van der Waals surface area contributed by atoms with E-state index in [9.17, 15) is 18.5 Å². The van der Waals surface area contributed by atoms with Crippen LogP contribution in [0.4, 0.5) is 5.00 Å². The van der Waals surface area contributed by atoms with Gasteiger partial charge in [0, 0.05) is 17.8 Å². The van der Waals surface area contributed by atoms with Crippen molar-refractivity contribution in [3.63, 3.8) is 0 Å². The molecule has 0 radical (unpaired) electrons. The molecule has 22 heavy (non-hydrogen) atoms. The molecule has 2 heterocycles. The minimum atomic E-state index is -3.74. The average Bonchev–Trinajstić information content (AvgIpc) is 2.91. The van der Waals surface area contributed by atoms with Crippen molar-refractivity contribution in [3.05, 3.63) is 16.0 Å². The number of rotatable bonds is 2. The number of nitrogens with two attached hydrogens (primary N) is 1. The number of carbonyl (C=O) groups excluding carboxylic acids is 1. The van der Waals surface area contributed by atoms with Crippen LogP contribution in [0.1, 0.15) is 41.7 Å². The number of sulfonamides is 1. The third-order valence-electron chi connectivity index (χ3n) is 4.31. The molecule has 3 rings (SSSR count). The lowest BCUT2D eigenvalue weighted by Gasteiger charge is -2.14. The largest absolute Gasteiger partial charge is 0.301 e. The summed E-state index contributed by atoms with van der Waals surface area (Å²) in [5.41, 5.74) is 1.59. The molecule has 1 amide bonds. The second kappa shape index (κ2) is 5.65. The molecule has 1 atom stereocenters. The normalized spacial score (nSPS) is 22.3. The van der Waals surface area contributed by atoms with E-state index in [1.807, 2.05) is 0 Å². The smallest absolute Gasteiger partial charge is 0.229 e. The van der Waals surface area contributed by atoms with E-state index in [4.69, 9.17) is 5.14 Å². The minimum absolute atomic E-state index is 0.0474. The highest BCUT2D eigenvalue weighted by Gasteiger charge is 2.39. The number of thiophene rings is 1. The second-order valence-corrected chi connectivity index (χ2v) is 8.70. The molecule has 1 aromatic rings. The van der Waals surface area contributed by atoms with Gasteiger partial charge >= 0.3 is 0 Å². The van der Waals surface area contributed by atoms with Gasteiger partial charge in [-0.25, -0.2) is 13.6 Å². The summed E-state index contributed by atoms with van der Waals surface area (Å²) in [6.45, 7) is 0.0474. The summed E-state index contributed by atoms with van der Waals surface area (Å²) >= 11 is 1.46. The van der Waals surface area contributed by atoms with Crippen molar-refractivity contribution in [2.45, 2.75) is 43.8 Å². The molecule has 2 N–H and O–H groups in total. The van der Waals surface area contributed by atoms with E-state index in [-0.39, 0.29) is 18.9 Å². The van der Waals surface area contributed by atoms with Crippen LogP contribution >= 0.6 is 11.3 Å². The zero-order chi connectivity index (χ0) is 15.9. The number of anilines is 1. The number of aryl methyl sites for hydroxylation is 1. The molecule has 8 heteroatoms. The Labute approximate surface area is 133 Å². The molecule has 1 fully saturated rings. The maximum absolute atomic E-state index is 12.2. The van der Waals surface area contributed by atoms with Crippen LogP contribution in [0.15, 0.2) is 0 Å². The number of nitrogens with zero attached hydrogens (tertiary/aromatic N) is 2. The van der Waals surface area contributed by atoms with Crippen LogP contribution in [0.3, 0.4) is 0 Å². The summed E-state index contributed by atoms with van der Waals surface area (Å²) in [6, 6.07) is 2.22. The summed E-state index contributed by atoms with van der Waals surface area (Å²) in [5.74, 6) is -0.271. The van der Waals surface area contributed by atoms with Gasteiger partial charge in [-0.3, -0.25) is 4.79 Å². The fourth-order valence-electron chi connectivity index (χ4n) is 3.12. The molecule has 118 valence electrons. The minimum Gasteiger partial charge on any atom is -0.301 e. The molecular weight excluding hydrogens is 322 g/mol.